The first-order chi connectivity index (χ1) is 14.1. The molecule has 6 nitrogen and oxygen atoms in total. The lowest BCUT2D eigenvalue weighted by Gasteiger charge is -2.09. The van der Waals surface area contributed by atoms with Crippen LogP contribution in [0.25, 0.3) is 11.4 Å². The molecule has 2 aromatic carbocycles. The molecule has 0 saturated heterocycles. The van der Waals surface area contributed by atoms with E-state index in [-0.39, 0.29) is 11.7 Å². The minimum atomic E-state index is -0.134. The number of rotatable bonds is 9. The van der Waals surface area contributed by atoms with E-state index in [4.69, 9.17) is 16.3 Å². The molecule has 1 heterocycles. The second kappa shape index (κ2) is 10.1. The highest BCUT2D eigenvalue weighted by Crippen LogP contribution is 2.25. The number of allylic oxidation sites excluding steroid dienone is 1. The number of amides is 1. The van der Waals surface area contributed by atoms with Crippen molar-refractivity contribution in [3.8, 4) is 17.1 Å². The van der Waals surface area contributed by atoms with Crippen LogP contribution in [0, 0.1) is 0 Å². The van der Waals surface area contributed by atoms with Crippen molar-refractivity contribution in [1.29, 1.82) is 0 Å². The molecule has 0 radical (unpaired) electrons. The lowest BCUT2D eigenvalue weighted by molar-refractivity contribution is -0.113. The van der Waals surface area contributed by atoms with E-state index >= 15 is 0 Å². The average molecular weight is 429 g/mol. The first-order valence-corrected chi connectivity index (χ1v) is 10.4. The van der Waals surface area contributed by atoms with Crippen molar-refractivity contribution in [2.24, 2.45) is 0 Å². The second-order valence-electron chi connectivity index (χ2n) is 6.01. The van der Waals surface area contributed by atoms with Crippen LogP contribution in [0.1, 0.15) is 6.92 Å². The zero-order valence-corrected chi connectivity index (χ0v) is 17.5. The molecule has 3 rings (SSSR count). The molecule has 0 fully saturated rings. The maximum atomic E-state index is 12.4. The summed E-state index contributed by atoms with van der Waals surface area (Å²) in [4.78, 5) is 12.4. The number of nitrogens with one attached hydrogen (secondary N) is 1. The lowest BCUT2D eigenvalue weighted by Crippen LogP contribution is -2.14. The second-order valence-corrected chi connectivity index (χ2v) is 7.39. The van der Waals surface area contributed by atoms with Gasteiger partial charge in [-0.15, -0.1) is 16.8 Å². The molecule has 0 aliphatic rings. The number of thioether (sulfide) groups is 1. The zero-order chi connectivity index (χ0) is 20.6. The summed E-state index contributed by atoms with van der Waals surface area (Å²) in [6.45, 7) is 6.82. The Hall–Kier alpha value is -2.77. The van der Waals surface area contributed by atoms with Crippen molar-refractivity contribution in [3.63, 3.8) is 0 Å². The van der Waals surface area contributed by atoms with Crippen LogP contribution < -0.4 is 10.1 Å². The number of hydrogen-bond donors (Lipinski definition) is 1. The van der Waals surface area contributed by atoms with Gasteiger partial charge in [-0.1, -0.05) is 35.5 Å². The Balaban J connectivity index is 1.68. The summed E-state index contributed by atoms with van der Waals surface area (Å²) in [6, 6.07) is 14.7. The van der Waals surface area contributed by atoms with Gasteiger partial charge in [-0.2, -0.15) is 0 Å². The van der Waals surface area contributed by atoms with Gasteiger partial charge in [0.25, 0.3) is 0 Å². The van der Waals surface area contributed by atoms with Gasteiger partial charge in [-0.3, -0.25) is 9.36 Å². The Morgan fingerprint density at radius 2 is 2.07 bits per heavy atom. The van der Waals surface area contributed by atoms with E-state index in [1.807, 2.05) is 41.8 Å². The number of hydrogen-bond acceptors (Lipinski definition) is 5. The third kappa shape index (κ3) is 5.62. The summed E-state index contributed by atoms with van der Waals surface area (Å²) in [5, 5.41) is 12.7. The number of nitrogens with zero attached hydrogens (tertiary/aromatic N) is 3. The molecular formula is C21H21ClN4O2S. The van der Waals surface area contributed by atoms with Crippen LogP contribution in [0.5, 0.6) is 5.75 Å². The Kier molecular flexibility index (Phi) is 7.32. The van der Waals surface area contributed by atoms with E-state index in [0.29, 0.717) is 34.8 Å². The molecule has 0 atom stereocenters. The predicted molar refractivity (Wildman–Crippen MR) is 118 cm³/mol. The van der Waals surface area contributed by atoms with Crippen LogP contribution in [0.4, 0.5) is 5.69 Å². The van der Waals surface area contributed by atoms with Crippen LogP contribution >= 0.6 is 23.4 Å². The summed E-state index contributed by atoms with van der Waals surface area (Å²) in [5.41, 5.74) is 1.59. The van der Waals surface area contributed by atoms with E-state index in [1.54, 1.807) is 24.3 Å². The van der Waals surface area contributed by atoms with Crippen LogP contribution in [-0.4, -0.2) is 33.0 Å². The number of ether oxygens (including phenoxy) is 1. The molecule has 29 heavy (non-hydrogen) atoms. The maximum Gasteiger partial charge on any atom is 0.234 e. The number of anilines is 1. The SMILES string of the molecule is C=CCn1c(SCC(=O)Nc2cccc(OCC)c2)nnc1-c1ccc(Cl)cc1. The zero-order valence-electron chi connectivity index (χ0n) is 16.0. The predicted octanol–water partition coefficient (Wildman–Crippen LogP) is 4.91. The lowest BCUT2D eigenvalue weighted by atomic mass is 10.2. The monoisotopic (exact) mass is 428 g/mol. The van der Waals surface area contributed by atoms with E-state index in [0.717, 1.165) is 11.3 Å². The highest BCUT2D eigenvalue weighted by molar-refractivity contribution is 7.99. The third-order valence-electron chi connectivity index (χ3n) is 3.89. The van der Waals surface area contributed by atoms with E-state index in [2.05, 4.69) is 22.1 Å². The summed E-state index contributed by atoms with van der Waals surface area (Å²) >= 11 is 7.29. The summed E-state index contributed by atoms with van der Waals surface area (Å²) in [5.74, 6) is 1.49. The van der Waals surface area contributed by atoms with E-state index < -0.39 is 0 Å². The Morgan fingerprint density at radius 1 is 1.28 bits per heavy atom. The first kappa shape index (κ1) is 21.0. The number of halogens is 1. The van der Waals surface area contributed by atoms with Crippen LogP contribution in [0.3, 0.4) is 0 Å². The van der Waals surface area contributed by atoms with Crippen LogP contribution in [0.2, 0.25) is 5.02 Å². The number of carbonyl (C=O) groups is 1. The summed E-state index contributed by atoms with van der Waals surface area (Å²) in [6.07, 6.45) is 1.77. The van der Waals surface area contributed by atoms with Gasteiger partial charge in [-0.25, -0.2) is 0 Å². The van der Waals surface area contributed by atoms with Crippen molar-refractivity contribution in [2.75, 3.05) is 17.7 Å². The fraction of sp³-hybridized carbons (Fsp3) is 0.190. The van der Waals surface area contributed by atoms with Crippen molar-refractivity contribution in [3.05, 3.63) is 66.2 Å². The van der Waals surface area contributed by atoms with Gasteiger partial charge in [0.15, 0.2) is 11.0 Å². The highest BCUT2D eigenvalue weighted by atomic mass is 35.5. The summed E-state index contributed by atoms with van der Waals surface area (Å²) in [7, 11) is 0. The van der Waals surface area contributed by atoms with Gasteiger partial charge in [0.05, 0.1) is 12.4 Å². The Labute approximate surface area is 178 Å². The maximum absolute atomic E-state index is 12.4. The van der Waals surface area contributed by atoms with Gasteiger partial charge in [0, 0.05) is 28.9 Å². The van der Waals surface area contributed by atoms with Crippen LogP contribution in [-0.2, 0) is 11.3 Å². The Bertz CT molecular complexity index is 989. The molecule has 3 aromatic rings. The van der Waals surface area contributed by atoms with Crippen LogP contribution in [0.15, 0.2) is 66.3 Å². The van der Waals surface area contributed by atoms with Gasteiger partial charge in [0.2, 0.25) is 5.91 Å². The molecule has 0 unspecified atom stereocenters. The number of aromatic nitrogens is 3. The normalized spacial score (nSPS) is 10.6. The molecule has 0 aliphatic carbocycles. The van der Waals surface area contributed by atoms with Gasteiger partial charge < -0.3 is 10.1 Å². The topological polar surface area (TPSA) is 69.0 Å². The quantitative estimate of drug-likeness (QED) is 0.387. The smallest absolute Gasteiger partial charge is 0.234 e. The van der Waals surface area contributed by atoms with Gasteiger partial charge in [-0.05, 0) is 43.3 Å². The fourth-order valence-corrected chi connectivity index (χ4v) is 3.53. The third-order valence-corrected chi connectivity index (χ3v) is 5.11. The van der Waals surface area contributed by atoms with E-state index in [9.17, 15) is 4.79 Å². The largest absolute Gasteiger partial charge is 0.494 e. The molecule has 1 N–H and O–H groups in total. The number of carbonyl (C=O) groups excluding carboxylic acids is 1. The molecule has 1 amide bonds. The molecule has 0 bridgehead atoms. The van der Waals surface area contributed by atoms with Crippen molar-refractivity contribution >= 4 is 35.0 Å². The molecule has 1 aromatic heterocycles. The Morgan fingerprint density at radius 3 is 2.79 bits per heavy atom. The molecule has 8 heteroatoms. The van der Waals surface area contributed by atoms with Crippen molar-refractivity contribution < 1.29 is 9.53 Å². The van der Waals surface area contributed by atoms with E-state index in [1.165, 1.54) is 11.8 Å². The highest BCUT2D eigenvalue weighted by Gasteiger charge is 2.15. The molecule has 0 spiro atoms. The van der Waals surface area contributed by atoms with Gasteiger partial charge in [0.1, 0.15) is 5.75 Å². The fourth-order valence-electron chi connectivity index (χ4n) is 2.66. The molecule has 0 aliphatic heterocycles. The average Bonchev–Trinajstić information content (AvgIpc) is 3.10. The first-order valence-electron chi connectivity index (χ1n) is 9.06. The molecular weight excluding hydrogens is 408 g/mol. The minimum absolute atomic E-state index is 0.134. The number of benzene rings is 2. The van der Waals surface area contributed by atoms with Crippen molar-refractivity contribution in [2.45, 2.75) is 18.6 Å². The molecule has 0 saturated carbocycles. The minimum Gasteiger partial charge on any atom is -0.494 e. The standard InChI is InChI=1S/C21H21ClN4O2S/c1-3-12-26-20(15-8-10-16(22)11-9-15)24-25-21(26)29-14-19(27)23-17-6-5-7-18(13-17)28-4-2/h3,5-11,13H,1,4,12,14H2,2H3,(H,23,27). The van der Waals surface area contributed by atoms with Gasteiger partial charge >= 0.3 is 0 Å². The van der Waals surface area contributed by atoms with Crippen molar-refractivity contribution in [1.82, 2.24) is 14.8 Å². The summed E-state index contributed by atoms with van der Waals surface area (Å²) < 4.78 is 7.38. The molecule has 150 valence electrons.